The van der Waals surface area contributed by atoms with Gasteiger partial charge < -0.3 is 4.74 Å². The summed E-state index contributed by atoms with van der Waals surface area (Å²) in [6.45, 7) is 0.180. The standard InChI is InChI=1S/C15H15F15O2/c1-4-8(2,3)7(31)32-6-10(18,19)13(25,26)15(29,30)14(27,28)12(23,24)9(16,17)5-11(20,21)22/h4-6H2,1-3H3. The summed E-state index contributed by atoms with van der Waals surface area (Å²) in [5.74, 6) is -47.0. The SMILES string of the molecule is CCC(C)(C)C(=O)OCC(F)(F)C(F)(F)C(F)(F)C(F)(F)C(F)(F)C(F)(F)CC(F)(F)F. The number of hydrogen-bond donors (Lipinski definition) is 0. The summed E-state index contributed by atoms with van der Waals surface area (Å²) in [4.78, 5) is 11.5. The average Bonchev–Trinajstić information content (AvgIpc) is 2.56. The van der Waals surface area contributed by atoms with Crippen LogP contribution in [0.3, 0.4) is 0 Å². The van der Waals surface area contributed by atoms with Crippen LogP contribution in [0.1, 0.15) is 33.6 Å². The van der Waals surface area contributed by atoms with Crippen LogP contribution >= 0.6 is 0 Å². The van der Waals surface area contributed by atoms with Crippen molar-refractivity contribution in [3.8, 4) is 0 Å². The van der Waals surface area contributed by atoms with Crippen LogP contribution in [-0.2, 0) is 9.53 Å². The average molecular weight is 512 g/mol. The third-order valence-corrected chi connectivity index (χ3v) is 4.35. The Bertz CT molecular complexity index is 679. The van der Waals surface area contributed by atoms with Gasteiger partial charge in [-0.15, -0.1) is 0 Å². The van der Waals surface area contributed by atoms with E-state index in [2.05, 4.69) is 4.74 Å². The number of alkyl halides is 15. The predicted molar refractivity (Wildman–Crippen MR) is 75.4 cm³/mol. The lowest BCUT2D eigenvalue weighted by molar-refractivity contribution is -0.430. The molecule has 0 aromatic carbocycles. The van der Waals surface area contributed by atoms with Gasteiger partial charge in [0.2, 0.25) is 0 Å². The molecule has 0 radical (unpaired) electrons. The molecule has 0 saturated heterocycles. The molecule has 0 spiro atoms. The summed E-state index contributed by atoms with van der Waals surface area (Å²) in [5, 5.41) is 0. The second-order valence-corrected chi connectivity index (χ2v) is 7.31. The molecule has 0 aliphatic rings. The molecule has 0 N–H and O–H groups in total. The van der Waals surface area contributed by atoms with Crippen LogP contribution in [0.15, 0.2) is 0 Å². The maximum atomic E-state index is 13.6. The molecule has 0 amide bonds. The molecule has 0 bridgehead atoms. The van der Waals surface area contributed by atoms with Gasteiger partial charge in [0.15, 0.2) is 6.61 Å². The first kappa shape index (κ1) is 30.4. The molecule has 0 unspecified atom stereocenters. The Balaban J connectivity index is 6.18. The molecule has 0 rings (SSSR count). The lowest BCUT2D eigenvalue weighted by Gasteiger charge is -2.41. The molecule has 2 nitrogen and oxygen atoms in total. The Hall–Kier alpha value is -1.58. The molecule has 0 aliphatic heterocycles. The van der Waals surface area contributed by atoms with E-state index in [0.29, 0.717) is 0 Å². The maximum Gasteiger partial charge on any atom is 0.395 e. The van der Waals surface area contributed by atoms with Gasteiger partial charge in [-0.25, -0.2) is 0 Å². The first-order valence-electron chi connectivity index (χ1n) is 8.15. The second-order valence-electron chi connectivity index (χ2n) is 7.31. The minimum atomic E-state index is -8.13. The second kappa shape index (κ2) is 8.33. The van der Waals surface area contributed by atoms with Crippen molar-refractivity contribution in [1.29, 1.82) is 0 Å². The van der Waals surface area contributed by atoms with E-state index in [9.17, 15) is 70.7 Å². The fourth-order valence-electron chi connectivity index (χ4n) is 1.80. The number of halogens is 15. The number of carbonyl (C=O) groups is 1. The van der Waals surface area contributed by atoms with Crippen molar-refractivity contribution < 1.29 is 75.4 Å². The number of rotatable bonds is 10. The third kappa shape index (κ3) is 5.15. The van der Waals surface area contributed by atoms with E-state index in [4.69, 9.17) is 0 Å². The van der Waals surface area contributed by atoms with E-state index in [-0.39, 0.29) is 6.42 Å². The predicted octanol–water partition coefficient (Wildman–Crippen LogP) is 6.73. The van der Waals surface area contributed by atoms with Crippen LogP contribution in [0.2, 0.25) is 0 Å². The number of hydrogen-bond acceptors (Lipinski definition) is 2. The zero-order valence-electron chi connectivity index (χ0n) is 16.1. The molecule has 17 heteroatoms. The monoisotopic (exact) mass is 512 g/mol. The van der Waals surface area contributed by atoms with Crippen LogP contribution in [0.4, 0.5) is 65.9 Å². The van der Waals surface area contributed by atoms with E-state index in [1.165, 1.54) is 6.92 Å². The summed E-state index contributed by atoms with van der Waals surface area (Å²) < 4.78 is 200. The minimum Gasteiger partial charge on any atom is -0.459 e. The zero-order valence-corrected chi connectivity index (χ0v) is 16.1. The molecule has 0 aromatic heterocycles. The third-order valence-electron chi connectivity index (χ3n) is 4.35. The van der Waals surface area contributed by atoms with E-state index in [1.54, 1.807) is 0 Å². The first-order valence-corrected chi connectivity index (χ1v) is 8.15. The Labute approximate surface area is 170 Å². The van der Waals surface area contributed by atoms with Crippen molar-refractivity contribution in [2.75, 3.05) is 6.61 Å². The van der Waals surface area contributed by atoms with E-state index in [1.807, 2.05) is 0 Å². The quantitative estimate of drug-likeness (QED) is 0.240. The van der Waals surface area contributed by atoms with Gasteiger partial charge >= 0.3 is 47.7 Å². The highest BCUT2D eigenvalue weighted by Gasteiger charge is 2.90. The number of ether oxygens (including phenoxy) is 1. The van der Waals surface area contributed by atoms with E-state index >= 15 is 0 Å². The molecular formula is C15H15F15O2. The maximum absolute atomic E-state index is 13.6. The van der Waals surface area contributed by atoms with Crippen molar-refractivity contribution in [3.63, 3.8) is 0 Å². The van der Waals surface area contributed by atoms with Gasteiger partial charge in [-0.3, -0.25) is 4.79 Å². The van der Waals surface area contributed by atoms with E-state index < -0.39 is 66.1 Å². The number of carbonyl (C=O) groups excluding carboxylic acids is 1. The Morgan fingerprint density at radius 2 is 0.969 bits per heavy atom. The summed E-state index contributed by atoms with van der Waals surface area (Å²) in [6.07, 6.45) is -10.7. The molecule has 0 aromatic rings. The smallest absolute Gasteiger partial charge is 0.395 e. The summed E-state index contributed by atoms with van der Waals surface area (Å²) >= 11 is 0. The molecule has 32 heavy (non-hydrogen) atoms. The topological polar surface area (TPSA) is 26.3 Å². The summed E-state index contributed by atoms with van der Waals surface area (Å²) in [5.41, 5.74) is -1.68. The van der Waals surface area contributed by atoms with Crippen molar-refractivity contribution in [2.45, 2.75) is 75.3 Å². The molecule has 0 atom stereocenters. The van der Waals surface area contributed by atoms with Crippen LogP contribution in [-0.4, -0.2) is 54.3 Å². The molecule has 192 valence electrons. The lowest BCUT2D eigenvalue weighted by Crippen LogP contribution is -2.71. The van der Waals surface area contributed by atoms with Gasteiger partial charge in [-0.2, -0.15) is 65.9 Å². The van der Waals surface area contributed by atoms with Crippen molar-refractivity contribution in [3.05, 3.63) is 0 Å². The van der Waals surface area contributed by atoms with E-state index in [0.717, 1.165) is 13.8 Å². The molecule has 0 aliphatic carbocycles. The van der Waals surface area contributed by atoms with Crippen molar-refractivity contribution in [1.82, 2.24) is 0 Å². The van der Waals surface area contributed by atoms with Gasteiger partial charge in [0.25, 0.3) is 0 Å². The van der Waals surface area contributed by atoms with Crippen LogP contribution in [0, 0.1) is 5.41 Å². The fraction of sp³-hybridized carbons (Fsp3) is 0.933. The Kier molecular flexibility index (Phi) is 7.92. The zero-order chi connectivity index (χ0) is 26.4. The highest BCUT2D eigenvalue weighted by atomic mass is 19.4. The molecular weight excluding hydrogens is 497 g/mol. The number of esters is 1. The van der Waals surface area contributed by atoms with Crippen LogP contribution in [0.5, 0.6) is 0 Å². The minimum absolute atomic E-state index is 0.192. The lowest BCUT2D eigenvalue weighted by atomic mass is 9.90. The normalized spacial score (nSPS) is 15.7. The largest absolute Gasteiger partial charge is 0.459 e. The Morgan fingerprint density at radius 1 is 0.625 bits per heavy atom. The van der Waals surface area contributed by atoms with Gasteiger partial charge in [-0.1, -0.05) is 6.92 Å². The molecule has 0 fully saturated rings. The van der Waals surface area contributed by atoms with Crippen molar-refractivity contribution >= 4 is 5.97 Å². The van der Waals surface area contributed by atoms with Gasteiger partial charge in [-0.05, 0) is 20.3 Å². The summed E-state index contributed by atoms with van der Waals surface area (Å²) in [6, 6.07) is 0. The molecule has 0 heterocycles. The van der Waals surface area contributed by atoms with Gasteiger partial charge in [0.1, 0.15) is 6.42 Å². The Morgan fingerprint density at radius 3 is 1.28 bits per heavy atom. The highest BCUT2D eigenvalue weighted by molar-refractivity contribution is 5.75. The first-order chi connectivity index (χ1) is 13.6. The summed E-state index contributed by atoms with van der Waals surface area (Å²) in [7, 11) is 0. The van der Waals surface area contributed by atoms with Crippen molar-refractivity contribution in [2.24, 2.45) is 5.41 Å². The van der Waals surface area contributed by atoms with Gasteiger partial charge in [0.05, 0.1) is 5.41 Å². The fourth-order valence-corrected chi connectivity index (χ4v) is 1.80. The molecule has 0 saturated carbocycles. The van der Waals surface area contributed by atoms with Crippen LogP contribution in [0.25, 0.3) is 0 Å². The van der Waals surface area contributed by atoms with Crippen LogP contribution < -0.4 is 0 Å². The highest BCUT2D eigenvalue weighted by Crippen LogP contribution is 2.61. The van der Waals surface area contributed by atoms with Gasteiger partial charge in [0, 0.05) is 0 Å².